The molecule has 0 aliphatic heterocycles. The minimum Gasteiger partial charge on any atom is -0.396 e. The molecule has 0 aromatic carbocycles. The van der Waals surface area contributed by atoms with E-state index in [-0.39, 0.29) is 18.6 Å². The number of hydrogen-bond acceptors (Lipinski definition) is 2. The maximum atomic E-state index is 9.43. The molecule has 0 radical (unpaired) electrons. The Morgan fingerprint density at radius 3 is 1.93 bits per heavy atom. The van der Waals surface area contributed by atoms with Crippen LogP contribution in [0.2, 0.25) is 0 Å². The van der Waals surface area contributed by atoms with Crippen molar-refractivity contribution >= 4 is 0 Å². The van der Waals surface area contributed by atoms with Crippen LogP contribution in [0.4, 0.5) is 0 Å². The van der Waals surface area contributed by atoms with Gasteiger partial charge in [0.1, 0.15) is 0 Å². The molecule has 0 aliphatic carbocycles. The minimum atomic E-state index is -0.294. The molecule has 0 rings (SSSR count). The minimum absolute atomic E-state index is 0.212. The van der Waals surface area contributed by atoms with Crippen molar-refractivity contribution in [1.82, 2.24) is 0 Å². The van der Waals surface area contributed by atoms with E-state index in [1.807, 2.05) is 6.92 Å². The van der Waals surface area contributed by atoms with Crippen molar-refractivity contribution < 1.29 is 14.7 Å². The molecule has 0 amide bonds. The summed E-state index contributed by atoms with van der Waals surface area (Å²) in [4.78, 5) is 0. The fourth-order valence-corrected chi connectivity index (χ4v) is 2.01. The van der Waals surface area contributed by atoms with Gasteiger partial charge in [-0.05, 0) is 13.3 Å². The molecule has 3 heteroatoms. The molecule has 14 heavy (non-hydrogen) atoms. The molecule has 3 atom stereocenters. The second kappa shape index (κ2) is 5.69. The smallest absolute Gasteiger partial charge is 0.0959 e. The Labute approximate surface area is 87.9 Å². The fourth-order valence-electron chi connectivity index (χ4n) is 2.01. The number of quaternary nitrogens is 1. The Bertz CT molecular complexity index is 148. The van der Waals surface area contributed by atoms with Crippen LogP contribution in [-0.2, 0) is 0 Å². The number of aliphatic hydroxyl groups is 2. The first kappa shape index (κ1) is 13.9. The maximum absolute atomic E-state index is 9.43. The highest BCUT2D eigenvalue weighted by Crippen LogP contribution is 2.21. The van der Waals surface area contributed by atoms with E-state index >= 15 is 0 Å². The van der Waals surface area contributed by atoms with Gasteiger partial charge in [0.05, 0.1) is 39.9 Å². The predicted molar refractivity (Wildman–Crippen MR) is 59.0 cm³/mol. The second-order valence-corrected chi connectivity index (χ2v) is 5.12. The Balaban J connectivity index is 4.53. The molecule has 86 valence electrons. The molecular weight excluding hydrogens is 178 g/mol. The largest absolute Gasteiger partial charge is 0.396 e. The molecular formula is C11H26NO2+. The van der Waals surface area contributed by atoms with Crippen LogP contribution in [0.1, 0.15) is 26.7 Å². The lowest BCUT2D eigenvalue weighted by Crippen LogP contribution is -2.51. The van der Waals surface area contributed by atoms with Crippen LogP contribution in [0.3, 0.4) is 0 Å². The van der Waals surface area contributed by atoms with Gasteiger partial charge in [-0.3, -0.25) is 0 Å². The molecule has 0 bridgehead atoms. The van der Waals surface area contributed by atoms with E-state index in [9.17, 15) is 10.2 Å². The van der Waals surface area contributed by atoms with Gasteiger partial charge < -0.3 is 14.7 Å². The van der Waals surface area contributed by atoms with Crippen LogP contribution in [0, 0.1) is 5.92 Å². The lowest BCUT2D eigenvalue weighted by molar-refractivity contribution is -0.901. The Morgan fingerprint density at radius 2 is 1.71 bits per heavy atom. The SMILES string of the molecule is CCC(CO)C(CC(C)O)[N+](C)(C)C. The molecule has 0 fully saturated rings. The van der Waals surface area contributed by atoms with Crippen LogP contribution >= 0.6 is 0 Å². The van der Waals surface area contributed by atoms with Gasteiger partial charge in [-0.25, -0.2) is 0 Å². The van der Waals surface area contributed by atoms with E-state index in [0.717, 1.165) is 17.3 Å². The summed E-state index contributed by atoms with van der Waals surface area (Å²) in [5.74, 6) is 0.282. The van der Waals surface area contributed by atoms with Crippen molar-refractivity contribution in [1.29, 1.82) is 0 Å². The highest BCUT2D eigenvalue weighted by Gasteiger charge is 2.32. The van der Waals surface area contributed by atoms with E-state index in [1.165, 1.54) is 0 Å². The van der Waals surface area contributed by atoms with Crippen molar-refractivity contribution in [2.24, 2.45) is 5.92 Å². The maximum Gasteiger partial charge on any atom is 0.0959 e. The standard InChI is InChI=1S/C11H26NO2/c1-6-10(8-13)11(7-9(2)14)12(3,4)5/h9-11,13-14H,6-8H2,1-5H3/q+1. The quantitative estimate of drug-likeness (QED) is 0.630. The normalized spacial score (nSPS) is 19.1. The monoisotopic (exact) mass is 204 g/mol. The summed E-state index contributed by atoms with van der Waals surface area (Å²) in [6.07, 6.45) is 1.42. The molecule has 0 saturated carbocycles. The summed E-state index contributed by atoms with van der Waals surface area (Å²) in [7, 11) is 6.35. The Morgan fingerprint density at radius 1 is 1.21 bits per heavy atom. The van der Waals surface area contributed by atoms with E-state index in [4.69, 9.17) is 0 Å². The molecule has 0 aliphatic rings. The molecule has 0 aromatic rings. The highest BCUT2D eigenvalue weighted by molar-refractivity contribution is 4.71. The van der Waals surface area contributed by atoms with Crippen molar-refractivity contribution in [2.45, 2.75) is 38.8 Å². The van der Waals surface area contributed by atoms with Crippen LogP contribution in [0.25, 0.3) is 0 Å². The number of rotatable bonds is 6. The molecule has 0 heterocycles. The van der Waals surface area contributed by atoms with Gasteiger partial charge in [-0.15, -0.1) is 0 Å². The summed E-state index contributed by atoms with van der Waals surface area (Å²) in [6.45, 7) is 4.11. The molecule has 3 nitrogen and oxygen atoms in total. The number of nitrogens with zero attached hydrogens (tertiary/aromatic N) is 1. The topological polar surface area (TPSA) is 40.5 Å². The molecule has 3 unspecified atom stereocenters. The first-order chi connectivity index (χ1) is 6.32. The summed E-state index contributed by atoms with van der Waals surface area (Å²) in [6, 6.07) is 0.324. The van der Waals surface area contributed by atoms with E-state index < -0.39 is 0 Å². The van der Waals surface area contributed by atoms with Gasteiger partial charge >= 0.3 is 0 Å². The average molecular weight is 204 g/mol. The zero-order valence-corrected chi connectivity index (χ0v) is 10.2. The van der Waals surface area contributed by atoms with Crippen molar-refractivity contribution in [3.05, 3.63) is 0 Å². The second-order valence-electron chi connectivity index (χ2n) is 5.12. The molecule has 0 aromatic heterocycles. The fraction of sp³-hybridized carbons (Fsp3) is 1.00. The van der Waals surface area contributed by atoms with Gasteiger partial charge in [0, 0.05) is 12.3 Å². The van der Waals surface area contributed by atoms with Gasteiger partial charge in [0.15, 0.2) is 0 Å². The van der Waals surface area contributed by atoms with Gasteiger partial charge in [-0.1, -0.05) is 6.92 Å². The predicted octanol–water partition coefficient (Wildman–Crippen LogP) is 0.851. The van der Waals surface area contributed by atoms with Crippen LogP contribution in [0.15, 0.2) is 0 Å². The first-order valence-electron chi connectivity index (χ1n) is 5.43. The third-order valence-corrected chi connectivity index (χ3v) is 2.88. The number of aliphatic hydroxyl groups excluding tert-OH is 2. The average Bonchev–Trinajstić information content (AvgIpc) is 2.02. The van der Waals surface area contributed by atoms with Crippen molar-refractivity contribution in [3.63, 3.8) is 0 Å². The first-order valence-corrected chi connectivity index (χ1v) is 5.43. The van der Waals surface area contributed by atoms with E-state index in [1.54, 1.807) is 0 Å². The highest BCUT2D eigenvalue weighted by atomic mass is 16.3. The van der Waals surface area contributed by atoms with E-state index in [2.05, 4.69) is 28.1 Å². The van der Waals surface area contributed by atoms with Crippen LogP contribution in [-0.4, -0.2) is 54.6 Å². The molecule has 2 N–H and O–H groups in total. The summed E-state index contributed by atoms with van der Waals surface area (Å²) in [5, 5.41) is 18.7. The number of hydrogen-bond donors (Lipinski definition) is 2. The lowest BCUT2D eigenvalue weighted by Gasteiger charge is -2.39. The van der Waals surface area contributed by atoms with Crippen molar-refractivity contribution in [3.8, 4) is 0 Å². The summed E-state index contributed by atoms with van der Waals surface area (Å²) < 4.78 is 0.796. The van der Waals surface area contributed by atoms with Crippen molar-refractivity contribution in [2.75, 3.05) is 27.7 Å². The third kappa shape index (κ3) is 4.40. The zero-order chi connectivity index (χ0) is 11.4. The Kier molecular flexibility index (Phi) is 5.64. The van der Waals surface area contributed by atoms with Crippen LogP contribution < -0.4 is 0 Å². The Hall–Kier alpha value is -0.120. The summed E-state index contributed by atoms with van der Waals surface area (Å²) in [5.41, 5.74) is 0. The third-order valence-electron chi connectivity index (χ3n) is 2.88. The van der Waals surface area contributed by atoms with E-state index in [0.29, 0.717) is 6.04 Å². The molecule has 0 saturated heterocycles. The van der Waals surface area contributed by atoms with Crippen LogP contribution in [0.5, 0.6) is 0 Å². The van der Waals surface area contributed by atoms with Gasteiger partial charge in [-0.2, -0.15) is 0 Å². The zero-order valence-electron chi connectivity index (χ0n) is 10.2. The summed E-state index contributed by atoms with van der Waals surface area (Å²) >= 11 is 0. The van der Waals surface area contributed by atoms with Gasteiger partial charge in [0.25, 0.3) is 0 Å². The molecule has 0 spiro atoms. The van der Waals surface area contributed by atoms with Gasteiger partial charge in [0.2, 0.25) is 0 Å². The lowest BCUT2D eigenvalue weighted by atomic mass is 9.91.